The molecule has 6 nitrogen and oxygen atoms in total. The van der Waals surface area contributed by atoms with Crippen molar-refractivity contribution in [2.75, 3.05) is 13.1 Å². The molecule has 0 aliphatic carbocycles. The number of carboxylic acid groups (broad SMARTS) is 1. The number of amides is 1. The first-order valence-corrected chi connectivity index (χ1v) is 4.53. The fourth-order valence-corrected chi connectivity index (χ4v) is 0.842. The van der Waals surface area contributed by atoms with Gasteiger partial charge in [-0.2, -0.15) is 0 Å². The number of carbonyl (C=O) groups excluding carboxylic acids is 1. The van der Waals surface area contributed by atoms with Crippen LogP contribution in [0.1, 0.15) is 19.3 Å². The Morgan fingerprint density at radius 2 is 2.07 bits per heavy atom. The summed E-state index contributed by atoms with van der Waals surface area (Å²) in [6, 6.07) is -0.912. The molecule has 0 bridgehead atoms. The summed E-state index contributed by atoms with van der Waals surface area (Å²) in [5.74, 6) is -1.17. The van der Waals surface area contributed by atoms with Gasteiger partial charge in [-0.05, 0) is 19.4 Å². The van der Waals surface area contributed by atoms with Gasteiger partial charge in [-0.1, -0.05) is 0 Å². The summed E-state index contributed by atoms with van der Waals surface area (Å²) in [6.07, 6.45) is 1.25. The Morgan fingerprint density at radius 1 is 1.43 bits per heavy atom. The Bertz CT molecular complexity index is 196. The van der Waals surface area contributed by atoms with Crippen molar-refractivity contribution in [2.24, 2.45) is 11.5 Å². The van der Waals surface area contributed by atoms with Crippen molar-refractivity contribution in [3.63, 3.8) is 0 Å². The van der Waals surface area contributed by atoms with Crippen molar-refractivity contribution in [3.8, 4) is 0 Å². The third-order valence-electron chi connectivity index (χ3n) is 1.70. The second kappa shape index (κ2) is 7.28. The lowest BCUT2D eigenvalue weighted by atomic mass is 10.2. The Balaban J connectivity index is 3.44. The molecular weight excluding hydrogens is 186 g/mol. The lowest BCUT2D eigenvalue weighted by molar-refractivity contribution is -0.138. The molecule has 0 heterocycles. The van der Waals surface area contributed by atoms with Crippen molar-refractivity contribution in [1.82, 2.24) is 5.32 Å². The molecule has 0 fully saturated rings. The maximum absolute atomic E-state index is 11.0. The predicted molar refractivity (Wildman–Crippen MR) is 51.5 cm³/mol. The molecule has 6 N–H and O–H groups in total. The molecule has 0 aromatic carbocycles. The number of hydrogen-bond donors (Lipinski definition) is 4. The summed E-state index contributed by atoms with van der Waals surface area (Å²) < 4.78 is 0. The molecule has 1 amide bonds. The predicted octanol–water partition coefficient (Wildman–Crippen LogP) is -1.36. The molecule has 0 spiro atoms. The van der Waals surface area contributed by atoms with Gasteiger partial charge < -0.3 is 21.9 Å². The van der Waals surface area contributed by atoms with E-state index < -0.39 is 12.0 Å². The van der Waals surface area contributed by atoms with Crippen LogP contribution in [-0.2, 0) is 9.59 Å². The van der Waals surface area contributed by atoms with Gasteiger partial charge in [0.25, 0.3) is 0 Å². The number of hydrogen-bond acceptors (Lipinski definition) is 4. The number of nitrogens with two attached hydrogens (primary N) is 2. The molecule has 0 aromatic heterocycles. The average Bonchev–Trinajstić information content (AvgIpc) is 2.14. The standard InChI is InChI=1S/C8H17N3O3/c9-4-1-2-7(12)11-5-3-6(10)8(13)14/h6H,1-5,9-10H2,(H,11,12)(H,13,14). The molecule has 14 heavy (non-hydrogen) atoms. The lowest BCUT2D eigenvalue weighted by Gasteiger charge is -2.07. The fraction of sp³-hybridized carbons (Fsp3) is 0.750. The quantitative estimate of drug-likeness (QED) is 0.407. The topological polar surface area (TPSA) is 118 Å². The van der Waals surface area contributed by atoms with E-state index in [-0.39, 0.29) is 18.9 Å². The summed E-state index contributed by atoms with van der Waals surface area (Å²) in [4.78, 5) is 21.3. The van der Waals surface area contributed by atoms with Gasteiger partial charge in [0.15, 0.2) is 0 Å². The fourth-order valence-electron chi connectivity index (χ4n) is 0.842. The van der Waals surface area contributed by atoms with Gasteiger partial charge in [-0.15, -0.1) is 0 Å². The van der Waals surface area contributed by atoms with Crippen LogP contribution in [0.25, 0.3) is 0 Å². The monoisotopic (exact) mass is 203 g/mol. The second-order valence-corrected chi connectivity index (χ2v) is 2.98. The minimum absolute atomic E-state index is 0.118. The smallest absolute Gasteiger partial charge is 0.320 e. The van der Waals surface area contributed by atoms with Crippen molar-refractivity contribution in [3.05, 3.63) is 0 Å². The molecule has 6 heteroatoms. The van der Waals surface area contributed by atoms with E-state index in [2.05, 4.69) is 5.32 Å². The van der Waals surface area contributed by atoms with E-state index in [0.717, 1.165) is 0 Å². The molecule has 82 valence electrons. The van der Waals surface area contributed by atoms with E-state index in [1.54, 1.807) is 0 Å². The van der Waals surface area contributed by atoms with E-state index >= 15 is 0 Å². The number of aliphatic carboxylic acids is 1. The van der Waals surface area contributed by atoms with Crippen LogP contribution in [0.2, 0.25) is 0 Å². The van der Waals surface area contributed by atoms with Crippen LogP contribution in [0.4, 0.5) is 0 Å². The van der Waals surface area contributed by atoms with Crippen molar-refractivity contribution >= 4 is 11.9 Å². The molecule has 0 radical (unpaired) electrons. The summed E-state index contributed by atoms with van der Waals surface area (Å²) >= 11 is 0. The van der Waals surface area contributed by atoms with Crippen LogP contribution >= 0.6 is 0 Å². The molecule has 0 aliphatic rings. The summed E-state index contributed by atoms with van der Waals surface area (Å²) in [6.45, 7) is 0.763. The first kappa shape index (κ1) is 12.9. The molecular formula is C8H17N3O3. The van der Waals surface area contributed by atoms with Crippen molar-refractivity contribution in [2.45, 2.75) is 25.3 Å². The summed E-state index contributed by atoms with van der Waals surface area (Å²) in [5.41, 5.74) is 10.4. The minimum Gasteiger partial charge on any atom is -0.480 e. The van der Waals surface area contributed by atoms with E-state index in [4.69, 9.17) is 16.6 Å². The highest BCUT2D eigenvalue weighted by atomic mass is 16.4. The first-order valence-electron chi connectivity index (χ1n) is 4.53. The van der Waals surface area contributed by atoms with Gasteiger partial charge in [-0.3, -0.25) is 9.59 Å². The van der Waals surface area contributed by atoms with Crippen LogP contribution in [0.3, 0.4) is 0 Å². The SMILES string of the molecule is NCCCC(=O)NCCC(N)C(=O)O. The minimum atomic E-state index is -1.05. The van der Waals surface area contributed by atoms with E-state index in [1.165, 1.54) is 0 Å². The average molecular weight is 203 g/mol. The van der Waals surface area contributed by atoms with Crippen molar-refractivity contribution in [1.29, 1.82) is 0 Å². The Labute approximate surface area is 82.6 Å². The van der Waals surface area contributed by atoms with Crippen LogP contribution in [-0.4, -0.2) is 36.1 Å². The number of nitrogens with one attached hydrogen (secondary N) is 1. The van der Waals surface area contributed by atoms with Crippen LogP contribution < -0.4 is 16.8 Å². The molecule has 0 saturated heterocycles. The van der Waals surface area contributed by atoms with Crippen molar-refractivity contribution < 1.29 is 14.7 Å². The van der Waals surface area contributed by atoms with Crippen LogP contribution in [0.5, 0.6) is 0 Å². The molecule has 0 saturated carbocycles. The largest absolute Gasteiger partial charge is 0.480 e. The third-order valence-corrected chi connectivity index (χ3v) is 1.70. The van der Waals surface area contributed by atoms with E-state index in [1.807, 2.05) is 0 Å². The van der Waals surface area contributed by atoms with Gasteiger partial charge in [-0.25, -0.2) is 0 Å². The molecule has 0 aliphatic heterocycles. The van der Waals surface area contributed by atoms with Crippen LogP contribution in [0.15, 0.2) is 0 Å². The zero-order chi connectivity index (χ0) is 11.0. The summed E-state index contributed by atoms with van der Waals surface area (Å²) in [5, 5.41) is 11.0. The maximum atomic E-state index is 11.0. The highest BCUT2D eigenvalue weighted by Gasteiger charge is 2.10. The van der Waals surface area contributed by atoms with Crippen LogP contribution in [0, 0.1) is 0 Å². The Morgan fingerprint density at radius 3 is 2.57 bits per heavy atom. The van der Waals surface area contributed by atoms with Gasteiger partial charge in [0.1, 0.15) is 6.04 Å². The van der Waals surface area contributed by atoms with E-state index in [9.17, 15) is 9.59 Å². The Kier molecular flexibility index (Phi) is 6.69. The second-order valence-electron chi connectivity index (χ2n) is 2.98. The summed E-state index contributed by atoms with van der Waals surface area (Å²) in [7, 11) is 0. The number of rotatable bonds is 7. The van der Waals surface area contributed by atoms with E-state index in [0.29, 0.717) is 19.4 Å². The lowest BCUT2D eigenvalue weighted by Crippen LogP contribution is -2.35. The number of carboxylic acids is 1. The zero-order valence-electron chi connectivity index (χ0n) is 8.03. The maximum Gasteiger partial charge on any atom is 0.320 e. The third kappa shape index (κ3) is 6.38. The molecule has 0 rings (SSSR count). The zero-order valence-corrected chi connectivity index (χ0v) is 8.03. The first-order chi connectivity index (χ1) is 6.57. The number of carbonyl (C=O) groups is 2. The highest BCUT2D eigenvalue weighted by molar-refractivity contribution is 5.76. The molecule has 1 unspecified atom stereocenters. The van der Waals surface area contributed by atoms with Gasteiger partial charge in [0.2, 0.25) is 5.91 Å². The normalized spacial score (nSPS) is 12.1. The molecule has 1 atom stereocenters. The molecule has 0 aromatic rings. The van der Waals surface area contributed by atoms with Gasteiger partial charge in [0, 0.05) is 13.0 Å². The Hall–Kier alpha value is -1.14. The van der Waals surface area contributed by atoms with Gasteiger partial charge in [0.05, 0.1) is 0 Å². The highest BCUT2D eigenvalue weighted by Crippen LogP contribution is 1.89. The van der Waals surface area contributed by atoms with Gasteiger partial charge >= 0.3 is 5.97 Å².